The van der Waals surface area contributed by atoms with E-state index in [0.29, 0.717) is 11.5 Å². The summed E-state index contributed by atoms with van der Waals surface area (Å²) in [5.41, 5.74) is -0.399. The Morgan fingerprint density at radius 2 is 1.75 bits per heavy atom. The number of hydrogen-bond acceptors (Lipinski definition) is 2. The summed E-state index contributed by atoms with van der Waals surface area (Å²) in [4.78, 5) is 12.1. The molecule has 5 heteroatoms. The highest BCUT2D eigenvalue weighted by Crippen LogP contribution is 2.24. The van der Waals surface area contributed by atoms with Crippen molar-refractivity contribution in [3.63, 3.8) is 0 Å². The van der Waals surface area contributed by atoms with Crippen LogP contribution in [-0.4, -0.2) is 5.78 Å². The number of halogens is 3. The van der Waals surface area contributed by atoms with E-state index in [2.05, 4.69) is 0 Å². The molecule has 20 heavy (non-hydrogen) atoms. The molecular formula is C15H7F3O2. The first-order chi connectivity index (χ1) is 9.56. The van der Waals surface area contributed by atoms with E-state index in [9.17, 15) is 18.0 Å². The molecule has 1 heterocycles. The van der Waals surface area contributed by atoms with Crippen molar-refractivity contribution in [2.75, 3.05) is 0 Å². The zero-order valence-electron chi connectivity index (χ0n) is 9.99. The molecule has 0 saturated heterocycles. The number of furan rings is 1. The number of benzene rings is 2. The van der Waals surface area contributed by atoms with Crippen LogP contribution in [0.15, 0.2) is 46.9 Å². The standard InChI is InChI=1S/C15H7F3O2/c16-9-4-5-10(12(18)7-9)14(19)13-6-8-2-1-3-11(17)15(8)20-13/h1-7H. The van der Waals surface area contributed by atoms with E-state index < -0.39 is 23.2 Å². The minimum absolute atomic E-state index is 0.0710. The van der Waals surface area contributed by atoms with Crippen LogP contribution in [0.25, 0.3) is 11.0 Å². The van der Waals surface area contributed by atoms with Crippen molar-refractivity contribution in [1.82, 2.24) is 0 Å². The van der Waals surface area contributed by atoms with Gasteiger partial charge in [0.15, 0.2) is 17.2 Å². The second-order valence-electron chi connectivity index (χ2n) is 4.22. The Bertz CT molecular complexity index is 821. The predicted molar refractivity (Wildman–Crippen MR) is 66.0 cm³/mol. The molecule has 2 aromatic carbocycles. The van der Waals surface area contributed by atoms with Gasteiger partial charge in [-0.3, -0.25) is 4.79 Å². The number of fused-ring (bicyclic) bond motifs is 1. The van der Waals surface area contributed by atoms with Crippen molar-refractivity contribution >= 4 is 16.8 Å². The summed E-state index contributed by atoms with van der Waals surface area (Å²) < 4.78 is 44.9. The maximum Gasteiger partial charge on any atom is 0.231 e. The maximum absolute atomic E-state index is 13.5. The monoisotopic (exact) mass is 276 g/mol. The molecule has 100 valence electrons. The van der Waals surface area contributed by atoms with E-state index in [1.165, 1.54) is 18.2 Å². The molecule has 0 aliphatic carbocycles. The van der Waals surface area contributed by atoms with Gasteiger partial charge >= 0.3 is 0 Å². The molecule has 1 aromatic heterocycles. The SMILES string of the molecule is O=C(c1cc2cccc(F)c2o1)c1ccc(F)cc1F. The average molecular weight is 276 g/mol. The third-order valence-corrected chi connectivity index (χ3v) is 2.90. The Morgan fingerprint density at radius 3 is 2.45 bits per heavy atom. The van der Waals surface area contributed by atoms with Crippen LogP contribution in [0.4, 0.5) is 13.2 Å². The van der Waals surface area contributed by atoms with Gasteiger partial charge in [-0.25, -0.2) is 13.2 Å². The van der Waals surface area contributed by atoms with Crippen molar-refractivity contribution in [3.05, 3.63) is 71.2 Å². The summed E-state index contributed by atoms with van der Waals surface area (Å²) in [6.07, 6.45) is 0. The molecule has 0 unspecified atom stereocenters. The smallest absolute Gasteiger partial charge is 0.231 e. The molecule has 2 nitrogen and oxygen atoms in total. The fraction of sp³-hybridized carbons (Fsp3) is 0. The normalized spacial score (nSPS) is 10.9. The van der Waals surface area contributed by atoms with Crippen molar-refractivity contribution in [3.8, 4) is 0 Å². The molecule has 0 atom stereocenters. The van der Waals surface area contributed by atoms with Crippen LogP contribution in [-0.2, 0) is 0 Å². The highest BCUT2D eigenvalue weighted by atomic mass is 19.1. The lowest BCUT2D eigenvalue weighted by Crippen LogP contribution is -2.03. The lowest BCUT2D eigenvalue weighted by Gasteiger charge is -1.99. The number of carbonyl (C=O) groups is 1. The van der Waals surface area contributed by atoms with Crippen molar-refractivity contribution < 1.29 is 22.4 Å². The van der Waals surface area contributed by atoms with E-state index in [4.69, 9.17) is 4.42 Å². The third-order valence-electron chi connectivity index (χ3n) is 2.90. The van der Waals surface area contributed by atoms with Crippen LogP contribution in [0, 0.1) is 17.5 Å². The molecule has 3 rings (SSSR count). The number of carbonyl (C=O) groups excluding carboxylic acids is 1. The Kier molecular flexibility index (Phi) is 2.82. The van der Waals surface area contributed by atoms with Gasteiger partial charge in [0.25, 0.3) is 0 Å². The predicted octanol–water partition coefficient (Wildman–Crippen LogP) is 4.08. The lowest BCUT2D eigenvalue weighted by atomic mass is 10.1. The van der Waals surface area contributed by atoms with Crippen molar-refractivity contribution in [2.24, 2.45) is 0 Å². The van der Waals surface area contributed by atoms with Gasteiger partial charge in [-0.1, -0.05) is 12.1 Å². The second kappa shape index (κ2) is 4.52. The summed E-state index contributed by atoms with van der Waals surface area (Å²) in [5.74, 6) is -3.35. The molecule has 0 N–H and O–H groups in total. The van der Waals surface area contributed by atoms with Gasteiger partial charge in [-0.05, 0) is 24.3 Å². The maximum atomic E-state index is 13.5. The van der Waals surface area contributed by atoms with Crippen molar-refractivity contribution in [1.29, 1.82) is 0 Å². The Balaban J connectivity index is 2.10. The first-order valence-corrected chi connectivity index (χ1v) is 5.74. The van der Waals surface area contributed by atoms with Gasteiger partial charge in [0, 0.05) is 11.5 Å². The molecule has 0 spiro atoms. The molecular weight excluding hydrogens is 269 g/mol. The minimum Gasteiger partial charge on any atom is -0.449 e. The minimum atomic E-state index is -0.990. The van der Waals surface area contributed by atoms with Gasteiger partial charge in [0.05, 0.1) is 5.56 Å². The largest absolute Gasteiger partial charge is 0.449 e. The molecule has 0 aliphatic rings. The summed E-state index contributed by atoms with van der Waals surface area (Å²) in [7, 11) is 0. The molecule has 0 bridgehead atoms. The van der Waals surface area contributed by atoms with Crippen LogP contribution < -0.4 is 0 Å². The Morgan fingerprint density at radius 1 is 0.950 bits per heavy atom. The summed E-state index contributed by atoms with van der Waals surface area (Å²) in [6.45, 7) is 0. The van der Waals surface area contributed by atoms with E-state index in [1.54, 1.807) is 6.07 Å². The van der Waals surface area contributed by atoms with Crippen molar-refractivity contribution in [2.45, 2.75) is 0 Å². The second-order valence-corrected chi connectivity index (χ2v) is 4.22. The van der Waals surface area contributed by atoms with Crippen LogP contribution in [0.1, 0.15) is 16.1 Å². The average Bonchev–Trinajstić information content (AvgIpc) is 2.83. The van der Waals surface area contributed by atoms with E-state index >= 15 is 0 Å². The van der Waals surface area contributed by atoms with Crippen LogP contribution in [0.2, 0.25) is 0 Å². The molecule has 0 saturated carbocycles. The number of hydrogen-bond donors (Lipinski definition) is 0. The summed E-state index contributed by atoms with van der Waals surface area (Å²) in [6, 6.07) is 8.16. The molecule has 0 amide bonds. The summed E-state index contributed by atoms with van der Waals surface area (Å²) >= 11 is 0. The van der Waals surface area contributed by atoms with Gasteiger partial charge in [-0.15, -0.1) is 0 Å². The van der Waals surface area contributed by atoms with E-state index in [0.717, 1.165) is 12.1 Å². The topological polar surface area (TPSA) is 30.2 Å². The van der Waals surface area contributed by atoms with Crippen LogP contribution in [0.3, 0.4) is 0 Å². The molecule has 3 aromatic rings. The lowest BCUT2D eigenvalue weighted by molar-refractivity contribution is 0.101. The fourth-order valence-corrected chi connectivity index (χ4v) is 1.95. The summed E-state index contributed by atoms with van der Waals surface area (Å²) in [5, 5.41) is 0.399. The van der Waals surface area contributed by atoms with Gasteiger partial charge < -0.3 is 4.42 Å². The van der Waals surface area contributed by atoms with Gasteiger partial charge in [0.2, 0.25) is 5.78 Å². The first-order valence-electron chi connectivity index (χ1n) is 5.74. The molecule has 0 radical (unpaired) electrons. The Hall–Kier alpha value is -2.56. The van der Waals surface area contributed by atoms with Crippen LogP contribution in [0.5, 0.6) is 0 Å². The van der Waals surface area contributed by atoms with E-state index in [-0.39, 0.29) is 16.9 Å². The first kappa shape index (κ1) is 12.5. The van der Waals surface area contributed by atoms with Gasteiger partial charge in [0.1, 0.15) is 11.6 Å². The van der Waals surface area contributed by atoms with E-state index in [1.807, 2.05) is 0 Å². The van der Waals surface area contributed by atoms with Gasteiger partial charge in [-0.2, -0.15) is 0 Å². The highest BCUT2D eigenvalue weighted by Gasteiger charge is 2.19. The zero-order chi connectivity index (χ0) is 14.3. The highest BCUT2D eigenvalue weighted by molar-refractivity contribution is 6.09. The Labute approximate surface area is 111 Å². The number of ketones is 1. The number of rotatable bonds is 2. The quantitative estimate of drug-likeness (QED) is 0.660. The molecule has 0 aliphatic heterocycles. The zero-order valence-corrected chi connectivity index (χ0v) is 9.99. The fourth-order valence-electron chi connectivity index (χ4n) is 1.95. The number of para-hydroxylation sites is 1. The third kappa shape index (κ3) is 1.97. The molecule has 0 fully saturated rings. The van der Waals surface area contributed by atoms with Crippen LogP contribution >= 0.6 is 0 Å².